The first-order valence-corrected chi connectivity index (χ1v) is 17.6. The Hall–Kier alpha value is -5.20. The molecule has 3 aromatic rings. The topological polar surface area (TPSA) is 251 Å². The van der Waals surface area contributed by atoms with Crippen molar-refractivity contribution in [2.24, 2.45) is 15.0 Å². The number of hydrogen-bond acceptors (Lipinski definition) is 13. The Labute approximate surface area is 307 Å². The van der Waals surface area contributed by atoms with Crippen LogP contribution in [0.1, 0.15) is 68.7 Å². The summed E-state index contributed by atoms with van der Waals surface area (Å²) in [6.07, 6.45) is -6.50. The van der Waals surface area contributed by atoms with Gasteiger partial charge in [0.1, 0.15) is 36.7 Å². The maximum Gasteiger partial charge on any atom is 0.262 e. The van der Waals surface area contributed by atoms with Gasteiger partial charge in [0.15, 0.2) is 35.4 Å². The molecule has 0 amide bonds. The minimum absolute atomic E-state index is 0.00151. The summed E-state index contributed by atoms with van der Waals surface area (Å²) in [5.41, 5.74) is 0.190. The quantitative estimate of drug-likeness (QED) is 0.109. The van der Waals surface area contributed by atoms with E-state index < -0.39 is 66.3 Å². The number of para-hydroxylation sites is 1. The maximum absolute atomic E-state index is 14.2. The number of ether oxygens (including phenoxy) is 3. The molecule has 0 aromatic heterocycles. The molecule has 5 aliphatic rings. The molecule has 3 aliphatic heterocycles. The van der Waals surface area contributed by atoms with Crippen LogP contribution in [0.25, 0.3) is 0 Å². The number of carbonyl (C=O) groups is 2. The average molecular weight is 740 g/mol. The molecule has 2 aliphatic carbocycles. The van der Waals surface area contributed by atoms with Gasteiger partial charge in [-0.05, 0) is 25.0 Å². The summed E-state index contributed by atoms with van der Waals surface area (Å²) in [6, 6.07) is 14.9. The van der Waals surface area contributed by atoms with E-state index in [4.69, 9.17) is 19.6 Å². The third-order valence-corrected chi connectivity index (χ3v) is 10.6. The second-order valence-electron chi connectivity index (χ2n) is 13.9. The van der Waals surface area contributed by atoms with Crippen molar-refractivity contribution in [2.75, 3.05) is 19.9 Å². The van der Waals surface area contributed by atoms with Gasteiger partial charge in [-0.2, -0.15) is 4.99 Å². The molecule has 3 heterocycles. The molecule has 6 atom stereocenters. The molecular weight excluding hydrogens is 702 g/mol. The monoisotopic (exact) mass is 739 g/mol. The number of nitrogens with one attached hydrogen (secondary N) is 2. The third kappa shape index (κ3) is 5.92. The van der Waals surface area contributed by atoms with Crippen LogP contribution >= 0.6 is 0 Å². The molecule has 8 rings (SSSR count). The number of fused-ring (bicyclic) bond motifs is 3. The van der Waals surface area contributed by atoms with E-state index in [-0.39, 0.29) is 83.4 Å². The van der Waals surface area contributed by atoms with Crippen LogP contribution in [-0.2, 0) is 11.2 Å². The molecule has 3 aromatic carbocycles. The first-order chi connectivity index (χ1) is 26.0. The second-order valence-corrected chi connectivity index (χ2v) is 13.9. The summed E-state index contributed by atoms with van der Waals surface area (Å²) in [5.74, 6) is -2.29. The fraction of sp³-hybridized carbons (Fsp3) is 0.368. The van der Waals surface area contributed by atoms with E-state index in [1.807, 2.05) is 0 Å². The Morgan fingerprint density at radius 2 is 1.61 bits per heavy atom. The van der Waals surface area contributed by atoms with Gasteiger partial charge in [0, 0.05) is 40.1 Å². The van der Waals surface area contributed by atoms with Crippen molar-refractivity contribution < 1.29 is 59.3 Å². The van der Waals surface area contributed by atoms with Gasteiger partial charge in [-0.1, -0.05) is 55.3 Å². The minimum Gasteiger partial charge on any atom is -0.857 e. The Kier molecular flexibility index (Phi) is 9.21. The van der Waals surface area contributed by atoms with Gasteiger partial charge >= 0.3 is 0 Å². The molecule has 1 saturated heterocycles. The van der Waals surface area contributed by atoms with Gasteiger partial charge in [-0.15, -0.1) is 0 Å². The molecule has 0 spiro atoms. The predicted octanol–water partition coefficient (Wildman–Crippen LogP) is -1.05. The number of quaternary nitrogens is 1. The smallest absolute Gasteiger partial charge is 0.262 e. The Bertz CT molecular complexity index is 2160. The van der Waals surface area contributed by atoms with E-state index >= 15 is 0 Å². The molecule has 16 heteroatoms. The maximum atomic E-state index is 14.2. The largest absolute Gasteiger partial charge is 0.857 e. The first-order valence-electron chi connectivity index (χ1n) is 17.6. The highest BCUT2D eigenvalue weighted by Gasteiger charge is 2.54. The van der Waals surface area contributed by atoms with Gasteiger partial charge in [-0.3, -0.25) is 15.0 Å². The van der Waals surface area contributed by atoms with Crippen molar-refractivity contribution in [3.63, 3.8) is 0 Å². The van der Waals surface area contributed by atoms with Crippen LogP contribution in [0.5, 0.6) is 11.5 Å². The summed E-state index contributed by atoms with van der Waals surface area (Å²) >= 11 is 0. The van der Waals surface area contributed by atoms with Crippen LogP contribution < -0.4 is 19.5 Å². The number of aliphatic hydroxyl groups excluding tert-OH is 4. The van der Waals surface area contributed by atoms with Crippen LogP contribution in [0.15, 0.2) is 69.6 Å². The molecule has 54 heavy (non-hydrogen) atoms. The molecule has 280 valence electrons. The second kappa shape index (κ2) is 13.9. The van der Waals surface area contributed by atoms with Crippen molar-refractivity contribution in [1.29, 1.82) is 5.41 Å². The number of amidine groups is 1. The summed E-state index contributed by atoms with van der Waals surface area (Å²) in [4.78, 5) is 40.9. The van der Waals surface area contributed by atoms with Gasteiger partial charge in [-0.25, -0.2) is 14.9 Å². The number of carbonyl (C=O) groups excluding carboxylic acids is 2. The highest BCUT2D eigenvalue weighted by Crippen LogP contribution is 2.46. The highest BCUT2D eigenvalue weighted by atomic mass is 16.7. The summed E-state index contributed by atoms with van der Waals surface area (Å²) in [7, 11) is 0. The van der Waals surface area contributed by atoms with E-state index in [2.05, 4.69) is 15.0 Å². The summed E-state index contributed by atoms with van der Waals surface area (Å²) in [6.45, 7) is -0.730. The van der Waals surface area contributed by atoms with Crippen molar-refractivity contribution in [3.8, 4) is 11.5 Å². The number of hydrogen-bond donors (Lipinski definition) is 7. The molecule has 7 N–H and O–H groups in total. The molecule has 2 fully saturated rings. The number of aliphatic hydroxyl groups is 5. The lowest BCUT2D eigenvalue weighted by Gasteiger charge is -2.45. The summed E-state index contributed by atoms with van der Waals surface area (Å²) in [5, 5.41) is 75.0. The van der Waals surface area contributed by atoms with E-state index in [1.54, 1.807) is 42.5 Å². The Morgan fingerprint density at radius 3 is 2.35 bits per heavy atom. The van der Waals surface area contributed by atoms with Crippen molar-refractivity contribution >= 4 is 40.7 Å². The van der Waals surface area contributed by atoms with Gasteiger partial charge in [0.25, 0.3) is 5.84 Å². The number of rotatable bonds is 9. The van der Waals surface area contributed by atoms with Crippen LogP contribution in [0.4, 0.5) is 5.69 Å². The zero-order valence-corrected chi connectivity index (χ0v) is 28.8. The average Bonchev–Trinajstić information content (AvgIpc) is 3.81. The lowest BCUT2D eigenvalue weighted by molar-refractivity contribution is -0.723. The first kappa shape index (κ1) is 35.8. The van der Waals surface area contributed by atoms with Crippen molar-refractivity contribution in [1.82, 2.24) is 0 Å². The van der Waals surface area contributed by atoms with Gasteiger partial charge in [0.05, 0.1) is 17.8 Å². The van der Waals surface area contributed by atoms with E-state index in [1.165, 1.54) is 12.1 Å². The fourth-order valence-corrected chi connectivity index (χ4v) is 7.99. The van der Waals surface area contributed by atoms with Gasteiger partial charge in [0.2, 0.25) is 12.2 Å². The number of nitrogens with zero attached hydrogens (tertiary/aromatic N) is 3. The van der Waals surface area contributed by atoms with Crippen LogP contribution in [0.2, 0.25) is 0 Å². The molecule has 0 radical (unpaired) electrons. The molecular formula is C38H37N5O11. The zero-order chi connectivity index (χ0) is 37.9. The lowest BCUT2D eigenvalue weighted by Crippen LogP contribution is -3.09. The molecule has 1 saturated carbocycles. The van der Waals surface area contributed by atoms with E-state index in [0.717, 1.165) is 0 Å². The van der Waals surface area contributed by atoms with Crippen LogP contribution in [0.3, 0.4) is 0 Å². The summed E-state index contributed by atoms with van der Waals surface area (Å²) < 4.78 is 18.5. The van der Waals surface area contributed by atoms with Gasteiger partial charge < -0.3 is 44.8 Å². The van der Waals surface area contributed by atoms with Crippen LogP contribution in [-0.4, -0.2) is 117 Å². The molecule has 0 bridgehead atoms. The molecule has 6 unspecified atom stereocenters. The third-order valence-electron chi connectivity index (χ3n) is 10.6. The van der Waals surface area contributed by atoms with E-state index in [0.29, 0.717) is 29.0 Å². The van der Waals surface area contributed by atoms with Crippen molar-refractivity contribution in [3.05, 3.63) is 88.0 Å². The zero-order valence-electron chi connectivity index (χ0n) is 28.8. The highest BCUT2D eigenvalue weighted by molar-refractivity contribution is 6.66. The standard InChI is InChI=1S/C38H37N5O11/c39-37-41-34-25(35(50)42-37)40-17-43(34)23-10-4-1-7-18(23)15-19-16-22-24(27(46)21-9-3-2-8-20(21)26(22)45)32(52-14-13-44)31(19)53-36-30(49)28(47)29(48)33(54-36)38(51)11-5-6-12-38/h1-4,7-10,16,28-30,33,36,44,47-49,51H,5-6,11-15,17H2,(H2,39,42,50). The SMILES string of the molecule is N=C1N=C([O-])C2=NC[NH+](c3ccccc3Cc3cc4c(c(OCCO)c3OC3OC(C5(O)CCCC5)C(O)C(O)C3O)C(=O)c3ccccc3C4=O)C2=N1. The number of guanidine groups is 1. The van der Waals surface area contributed by atoms with Crippen LogP contribution in [0, 0.1) is 5.41 Å². The minimum atomic E-state index is -1.84. The normalized spacial score (nSPS) is 27.1. The Morgan fingerprint density at radius 1 is 0.907 bits per heavy atom. The van der Waals surface area contributed by atoms with E-state index in [9.17, 15) is 40.2 Å². The number of benzene rings is 3. The number of ketones is 2. The Balaban J connectivity index is 1.27. The predicted molar refractivity (Wildman–Crippen MR) is 188 cm³/mol. The molecule has 16 nitrogen and oxygen atoms in total. The fourth-order valence-electron chi connectivity index (χ4n) is 7.99. The lowest BCUT2D eigenvalue weighted by atomic mass is 9.81. The number of aliphatic imine (C=N–C) groups is 3. The van der Waals surface area contributed by atoms with Crippen molar-refractivity contribution in [2.45, 2.75) is 68.4 Å².